The molecular formula is C25H27N3O6. The molecule has 3 heterocycles. The Bertz CT molecular complexity index is 1220. The summed E-state index contributed by atoms with van der Waals surface area (Å²) in [5.74, 6) is -2.57. The highest BCUT2D eigenvalue weighted by atomic mass is 16.4. The molecule has 3 aliphatic rings. The Morgan fingerprint density at radius 3 is 2.62 bits per heavy atom. The number of piperidine rings is 2. The van der Waals surface area contributed by atoms with Crippen molar-refractivity contribution in [1.82, 2.24) is 5.32 Å². The van der Waals surface area contributed by atoms with Crippen LogP contribution in [-0.4, -0.2) is 58.6 Å². The average molecular weight is 466 g/mol. The number of carbonyl (C=O) groups is 4. The number of rotatable bonds is 5. The first-order chi connectivity index (χ1) is 16.2. The second-order valence-electron chi connectivity index (χ2n) is 9.67. The molecule has 0 radical (unpaired) electrons. The fourth-order valence-corrected chi connectivity index (χ4v) is 5.46. The van der Waals surface area contributed by atoms with E-state index in [1.165, 1.54) is 4.90 Å². The second-order valence-corrected chi connectivity index (χ2v) is 9.67. The molecule has 0 saturated carbocycles. The number of carboxylic acid groups (broad SMARTS) is 1. The zero-order chi connectivity index (χ0) is 24.2. The van der Waals surface area contributed by atoms with Gasteiger partial charge in [0.25, 0.3) is 5.91 Å². The van der Waals surface area contributed by atoms with Crippen molar-refractivity contribution in [2.75, 3.05) is 22.9 Å². The molecule has 0 bridgehead atoms. The normalized spacial score (nSPS) is 22.8. The number of amides is 3. The Balaban J connectivity index is 1.41. The molecule has 3 aliphatic heterocycles. The van der Waals surface area contributed by atoms with Gasteiger partial charge in [0.1, 0.15) is 6.04 Å². The van der Waals surface area contributed by atoms with Gasteiger partial charge in [0.15, 0.2) is 0 Å². The summed E-state index contributed by atoms with van der Waals surface area (Å²) >= 11 is 0. The molecule has 2 aromatic carbocycles. The summed E-state index contributed by atoms with van der Waals surface area (Å²) in [5.41, 5.74) is 1.03. The maximum absolute atomic E-state index is 13.5. The maximum Gasteiger partial charge on any atom is 0.306 e. The molecule has 2 fully saturated rings. The van der Waals surface area contributed by atoms with E-state index in [1.807, 2.05) is 30.3 Å². The van der Waals surface area contributed by atoms with E-state index in [0.29, 0.717) is 37.2 Å². The van der Waals surface area contributed by atoms with Crippen molar-refractivity contribution in [2.24, 2.45) is 5.92 Å². The van der Waals surface area contributed by atoms with E-state index in [1.54, 1.807) is 6.92 Å². The van der Waals surface area contributed by atoms with E-state index in [-0.39, 0.29) is 31.1 Å². The maximum atomic E-state index is 13.5. The predicted octanol–water partition coefficient (Wildman–Crippen LogP) is 2.05. The van der Waals surface area contributed by atoms with E-state index in [4.69, 9.17) is 0 Å². The molecule has 2 atom stereocenters. The van der Waals surface area contributed by atoms with Crippen molar-refractivity contribution in [2.45, 2.75) is 50.7 Å². The van der Waals surface area contributed by atoms with Gasteiger partial charge in [-0.15, -0.1) is 0 Å². The quantitative estimate of drug-likeness (QED) is 0.577. The molecule has 3 amide bonds. The third-order valence-electron chi connectivity index (χ3n) is 7.34. The molecule has 2 unspecified atom stereocenters. The first kappa shape index (κ1) is 22.3. The number of carbonyl (C=O) groups excluding carboxylic acids is 3. The number of aliphatic hydroxyl groups is 1. The van der Waals surface area contributed by atoms with Crippen LogP contribution in [-0.2, 0) is 14.4 Å². The van der Waals surface area contributed by atoms with Gasteiger partial charge in [0.05, 0.1) is 22.8 Å². The van der Waals surface area contributed by atoms with Crippen molar-refractivity contribution < 1.29 is 29.4 Å². The van der Waals surface area contributed by atoms with Crippen LogP contribution in [0.2, 0.25) is 0 Å². The van der Waals surface area contributed by atoms with E-state index >= 15 is 0 Å². The molecule has 9 heteroatoms. The molecule has 0 aromatic heterocycles. The zero-order valence-corrected chi connectivity index (χ0v) is 18.9. The minimum Gasteiger partial charge on any atom is -0.481 e. The lowest BCUT2D eigenvalue weighted by Crippen LogP contribution is -2.53. The van der Waals surface area contributed by atoms with Crippen molar-refractivity contribution in [3.63, 3.8) is 0 Å². The highest BCUT2D eigenvalue weighted by Gasteiger charge is 2.41. The summed E-state index contributed by atoms with van der Waals surface area (Å²) in [4.78, 5) is 52.4. The van der Waals surface area contributed by atoms with Crippen LogP contribution < -0.4 is 15.1 Å². The molecule has 9 nitrogen and oxygen atoms in total. The summed E-state index contributed by atoms with van der Waals surface area (Å²) in [6.45, 7) is 2.69. The van der Waals surface area contributed by atoms with Crippen LogP contribution in [0.5, 0.6) is 0 Å². The molecular weight excluding hydrogens is 438 g/mol. The first-order valence-electron chi connectivity index (χ1n) is 11.6. The lowest BCUT2D eigenvalue weighted by molar-refractivity contribution is -0.144. The topological polar surface area (TPSA) is 127 Å². The summed E-state index contributed by atoms with van der Waals surface area (Å²) < 4.78 is 0. The largest absolute Gasteiger partial charge is 0.481 e. The monoisotopic (exact) mass is 465 g/mol. The number of imide groups is 1. The minimum absolute atomic E-state index is 0.189. The van der Waals surface area contributed by atoms with Gasteiger partial charge in [-0.3, -0.25) is 29.4 Å². The van der Waals surface area contributed by atoms with Gasteiger partial charge < -0.3 is 15.1 Å². The van der Waals surface area contributed by atoms with Crippen molar-refractivity contribution in [3.8, 4) is 0 Å². The van der Waals surface area contributed by atoms with Gasteiger partial charge in [-0.2, -0.15) is 0 Å². The number of anilines is 2. The minimum atomic E-state index is -1.02. The number of hydrogen-bond donors (Lipinski definition) is 3. The number of hydrogen-bond acceptors (Lipinski definition) is 6. The van der Waals surface area contributed by atoms with Crippen LogP contribution in [0.4, 0.5) is 11.4 Å². The second kappa shape index (κ2) is 8.09. The summed E-state index contributed by atoms with van der Waals surface area (Å²) in [7, 11) is 0. The third kappa shape index (κ3) is 3.69. The van der Waals surface area contributed by atoms with E-state index in [2.05, 4.69) is 10.2 Å². The Morgan fingerprint density at radius 1 is 1.21 bits per heavy atom. The van der Waals surface area contributed by atoms with Crippen molar-refractivity contribution in [1.29, 1.82) is 0 Å². The molecule has 34 heavy (non-hydrogen) atoms. The van der Waals surface area contributed by atoms with Crippen LogP contribution in [0.3, 0.4) is 0 Å². The lowest BCUT2D eigenvalue weighted by Gasteiger charge is -2.40. The van der Waals surface area contributed by atoms with E-state index in [9.17, 15) is 29.4 Å². The van der Waals surface area contributed by atoms with Crippen LogP contribution in [0.15, 0.2) is 30.3 Å². The van der Waals surface area contributed by atoms with Gasteiger partial charge in [0, 0.05) is 30.6 Å². The van der Waals surface area contributed by atoms with Gasteiger partial charge in [-0.05, 0) is 49.3 Å². The zero-order valence-electron chi connectivity index (χ0n) is 18.9. The number of aliphatic carboxylic acids is 1. The predicted molar refractivity (Wildman–Crippen MR) is 125 cm³/mol. The van der Waals surface area contributed by atoms with E-state index in [0.717, 1.165) is 16.5 Å². The van der Waals surface area contributed by atoms with Crippen molar-refractivity contribution >= 4 is 45.8 Å². The highest BCUT2D eigenvalue weighted by molar-refractivity contribution is 6.27. The van der Waals surface area contributed by atoms with Gasteiger partial charge in [-0.25, -0.2) is 0 Å². The lowest BCUT2D eigenvalue weighted by atomic mass is 9.83. The van der Waals surface area contributed by atoms with E-state index < -0.39 is 29.4 Å². The Hall–Kier alpha value is -3.46. The highest BCUT2D eigenvalue weighted by Crippen LogP contribution is 2.42. The molecule has 2 aromatic rings. The molecule has 3 N–H and O–H groups in total. The first-order valence-corrected chi connectivity index (χ1v) is 11.6. The Morgan fingerprint density at radius 2 is 1.94 bits per heavy atom. The number of benzene rings is 2. The average Bonchev–Trinajstić information content (AvgIpc) is 3.07. The molecule has 5 rings (SSSR count). The molecule has 2 saturated heterocycles. The molecule has 178 valence electrons. The molecule has 0 spiro atoms. The fourth-order valence-electron chi connectivity index (χ4n) is 5.46. The smallest absolute Gasteiger partial charge is 0.306 e. The SMILES string of the molecule is CC(CC1(O)CCN(c2cc3c4c(cccc4c2)N(C2CCC(=O)NC2=O)C3=O)CC1)C(=O)O. The van der Waals surface area contributed by atoms with Crippen LogP contribution >= 0.6 is 0 Å². The standard InChI is InChI=1S/C25H27N3O6/c1-14(24(32)33)13-25(34)7-9-27(10-8-25)16-11-15-3-2-4-18-21(15)17(12-16)23(31)28(18)19-5-6-20(29)26-22(19)30/h2-4,11-12,14,19,34H,5-10,13H2,1H3,(H,32,33)(H,26,29,30). The summed E-state index contributed by atoms with van der Waals surface area (Å²) in [5, 5.41) is 24.1. The molecule has 0 aliphatic carbocycles. The summed E-state index contributed by atoms with van der Waals surface area (Å²) in [6, 6.07) is 8.73. The number of nitrogens with one attached hydrogen (secondary N) is 1. The number of nitrogens with zero attached hydrogens (tertiary/aromatic N) is 2. The van der Waals surface area contributed by atoms with Crippen LogP contribution in [0.25, 0.3) is 10.8 Å². The Kier molecular flexibility index (Phi) is 5.31. The number of carboxylic acids is 1. The summed E-state index contributed by atoms with van der Waals surface area (Å²) in [6.07, 6.45) is 1.56. The van der Waals surface area contributed by atoms with Gasteiger partial charge in [-0.1, -0.05) is 19.1 Å². The fraction of sp³-hybridized carbons (Fsp3) is 0.440. The van der Waals surface area contributed by atoms with Crippen LogP contribution in [0, 0.1) is 5.92 Å². The van der Waals surface area contributed by atoms with Gasteiger partial charge in [0.2, 0.25) is 11.8 Å². The van der Waals surface area contributed by atoms with Gasteiger partial charge >= 0.3 is 5.97 Å². The van der Waals surface area contributed by atoms with Crippen molar-refractivity contribution in [3.05, 3.63) is 35.9 Å². The van der Waals surface area contributed by atoms with Crippen LogP contribution in [0.1, 0.15) is 49.4 Å². The Labute approximate surface area is 196 Å². The third-order valence-corrected chi connectivity index (χ3v) is 7.34.